The molecule has 1 amide bonds. The molecule has 1 N–H and O–H groups in total. The summed E-state index contributed by atoms with van der Waals surface area (Å²) >= 11 is 0. The number of ether oxygens (including phenoxy) is 3. The lowest BCUT2D eigenvalue weighted by molar-refractivity contribution is -0.275. The van der Waals surface area contributed by atoms with Gasteiger partial charge in [-0.15, -0.1) is 13.2 Å². The number of benzene rings is 1. The van der Waals surface area contributed by atoms with Crippen molar-refractivity contribution in [3.8, 4) is 5.75 Å². The van der Waals surface area contributed by atoms with Crippen LogP contribution in [-0.2, 0) is 18.7 Å². The molecular weight excluding hydrogens is 586 g/mol. The van der Waals surface area contributed by atoms with Crippen molar-refractivity contribution < 1.29 is 41.0 Å². The molecule has 2 atom stereocenters. The summed E-state index contributed by atoms with van der Waals surface area (Å²) < 4.78 is 73.3. The fourth-order valence-electron chi connectivity index (χ4n) is 5.28. The Balaban J connectivity index is 1.63. The zero-order chi connectivity index (χ0) is 32.2. The number of nitrogens with zero attached hydrogens (tertiary/aromatic N) is 2. The summed E-state index contributed by atoms with van der Waals surface area (Å²) in [5.74, 6) is -2.43. The number of alkyl halides is 3. The van der Waals surface area contributed by atoms with Gasteiger partial charge < -0.3 is 33.8 Å². The third-order valence-electron chi connectivity index (χ3n) is 9.19. The van der Waals surface area contributed by atoms with Crippen molar-refractivity contribution in [3.05, 3.63) is 24.0 Å². The van der Waals surface area contributed by atoms with E-state index < -0.39 is 38.6 Å². The molecule has 13 heteroatoms. The van der Waals surface area contributed by atoms with Crippen molar-refractivity contribution in [2.24, 2.45) is 5.41 Å². The molecule has 8 nitrogen and oxygen atoms in total. The van der Waals surface area contributed by atoms with Crippen molar-refractivity contribution in [1.82, 2.24) is 9.80 Å². The van der Waals surface area contributed by atoms with Gasteiger partial charge >= 0.3 is 6.36 Å². The SMILES string of the molecule is COC(CN(CCCN1CCC2(CC2)[C@H](O[Si](C)(C)C(C)(C)C)C1)C(=O)C(C)Nc1ccc(F)c(OC(F)(F)F)c1)OC. The van der Waals surface area contributed by atoms with Crippen LogP contribution in [0.2, 0.25) is 18.1 Å². The first-order chi connectivity index (χ1) is 19.9. The highest BCUT2D eigenvalue weighted by molar-refractivity contribution is 6.74. The maximum Gasteiger partial charge on any atom is 0.573 e. The Bertz CT molecular complexity index is 1080. The minimum atomic E-state index is -5.04. The molecule has 2 aliphatic rings. The molecule has 0 bridgehead atoms. The molecule has 1 aliphatic carbocycles. The Hall–Kier alpha value is -1.93. The molecule has 1 spiro atoms. The minimum Gasteiger partial charge on any atom is -0.412 e. The van der Waals surface area contributed by atoms with Crippen molar-refractivity contribution in [1.29, 1.82) is 0 Å². The van der Waals surface area contributed by atoms with Gasteiger partial charge in [0.15, 0.2) is 26.2 Å². The highest BCUT2D eigenvalue weighted by atomic mass is 28.4. The van der Waals surface area contributed by atoms with Crippen molar-refractivity contribution in [3.63, 3.8) is 0 Å². The van der Waals surface area contributed by atoms with Crippen LogP contribution in [0.1, 0.15) is 53.4 Å². The summed E-state index contributed by atoms with van der Waals surface area (Å²) in [6.07, 6.45) is -1.21. The van der Waals surface area contributed by atoms with E-state index in [9.17, 15) is 22.4 Å². The van der Waals surface area contributed by atoms with Gasteiger partial charge in [0.2, 0.25) is 5.91 Å². The normalized spacial score (nSPS) is 19.9. The molecule has 0 aromatic heterocycles. The number of carbonyl (C=O) groups excluding carboxylic acids is 1. The highest BCUT2D eigenvalue weighted by Gasteiger charge is 2.54. The second-order valence-electron chi connectivity index (χ2n) is 13.4. The number of methoxy groups -OCH3 is 2. The molecule has 1 saturated heterocycles. The van der Waals surface area contributed by atoms with Gasteiger partial charge in [-0.2, -0.15) is 0 Å². The van der Waals surface area contributed by atoms with E-state index in [1.807, 2.05) is 0 Å². The number of piperidine rings is 1. The van der Waals surface area contributed by atoms with Crippen LogP contribution in [0.5, 0.6) is 5.75 Å². The van der Waals surface area contributed by atoms with E-state index in [1.165, 1.54) is 33.1 Å². The zero-order valence-electron chi connectivity index (χ0n) is 26.8. The first-order valence-electron chi connectivity index (χ1n) is 15.0. The number of hydrogen-bond acceptors (Lipinski definition) is 7. The number of halogens is 4. The number of carbonyl (C=O) groups is 1. The van der Waals surface area contributed by atoms with Gasteiger partial charge in [0.1, 0.15) is 6.04 Å². The molecule has 1 heterocycles. The van der Waals surface area contributed by atoms with Gasteiger partial charge in [-0.1, -0.05) is 20.8 Å². The lowest BCUT2D eigenvalue weighted by atomic mass is 9.90. The Morgan fingerprint density at radius 1 is 1.16 bits per heavy atom. The Morgan fingerprint density at radius 2 is 1.81 bits per heavy atom. The van der Waals surface area contributed by atoms with E-state index in [4.69, 9.17) is 13.9 Å². The molecule has 0 radical (unpaired) electrons. The first-order valence-corrected chi connectivity index (χ1v) is 17.9. The first kappa shape index (κ1) is 35.5. The van der Waals surface area contributed by atoms with Crippen LogP contribution in [0.4, 0.5) is 23.2 Å². The van der Waals surface area contributed by atoms with Gasteiger partial charge in [0.25, 0.3) is 0 Å². The minimum absolute atomic E-state index is 0.117. The van der Waals surface area contributed by atoms with E-state index >= 15 is 0 Å². The molecule has 1 aromatic carbocycles. The lowest BCUT2D eigenvalue weighted by Crippen LogP contribution is -2.53. The summed E-state index contributed by atoms with van der Waals surface area (Å²) in [4.78, 5) is 17.6. The van der Waals surface area contributed by atoms with Gasteiger partial charge in [0, 0.05) is 39.1 Å². The number of hydrogen-bond donors (Lipinski definition) is 1. The highest BCUT2D eigenvalue weighted by Crippen LogP contribution is 2.56. The lowest BCUT2D eigenvalue weighted by Gasteiger charge is -2.46. The molecule has 43 heavy (non-hydrogen) atoms. The van der Waals surface area contributed by atoms with E-state index in [0.29, 0.717) is 18.4 Å². The molecule has 1 saturated carbocycles. The van der Waals surface area contributed by atoms with Crippen LogP contribution in [-0.4, -0.2) is 95.8 Å². The standard InChI is InChI=1S/C30H49F4N3O5Si/c1-21(35-22-10-11-23(31)24(18-22)41-30(32,33)34)27(38)37(20-26(39-5)40-6)16-9-15-36-17-14-29(12-13-29)25(19-36)42-43(7,8)28(2,3)4/h10-11,18,21,25-26,35H,9,12-17,19-20H2,1-8H3/t21?,25-/m1/s1. The summed E-state index contributed by atoms with van der Waals surface area (Å²) in [5.41, 5.74) is 0.427. The number of nitrogens with one attached hydrogen (secondary N) is 1. The fraction of sp³-hybridized carbons (Fsp3) is 0.767. The van der Waals surface area contributed by atoms with E-state index in [-0.39, 0.29) is 29.3 Å². The number of rotatable bonds is 14. The number of anilines is 1. The predicted octanol–water partition coefficient (Wildman–Crippen LogP) is 6.24. The maximum atomic E-state index is 13.9. The Morgan fingerprint density at radius 3 is 2.37 bits per heavy atom. The van der Waals surface area contributed by atoms with Crippen LogP contribution < -0.4 is 10.1 Å². The van der Waals surface area contributed by atoms with Crippen LogP contribution in [0, 0.1) is 11.2 Å². The summed E-state index contributed by atoms with van der Waals surface area (Å²) in [6.45, 7) is 16.3. The number of amides is 1. The average Bonchev–Trinajstić information content (AvgIpc) is 3.68. The zero-order valence-corrected chi connectivity index (χ0v) is 27.8. The van der Waals surface area contributed by atoms with E-state index in [1.54, 1.807) is 11.8 Å². The third kappa shape index (κ3) is 9.78. The van der Waals surface area contributed by atoms with Crippen LogP contribution in [0.3, 0.4) is 0 Å². The predicted molar refractivity (Wildman–Crippen MR) is 160 cm³/mol. The van der Waals surface area contributed by atoms with Gasteiger partial charge in [-0.3, -0.25) is 4.79 Å². The summed E-state index contributed by atoms with van der Waals surface area (Å²) in [7, 11) is 1.05. The largest absolute Gasteiger partial charge is 0.573 e. The summed E-state index contributed by atoms with van der Waals surface area (Å²) in [5, 5.41) is 3.01. The molecule has 1 aromatic rings. The van der Waals surface area contributed by atoms with Crippen molar-refractivity contribution >= 4 is 19.9 Å². The van der Waals surface area contributed by atoms with Crippen molar-refractivity contribution in [2.75, 3.05) is 52.3 Å². The molecule has 1 aliphatic heterocycles. The maximum absolute atomic E-state index is 13.9. The smallest absolute Gasteiger partial charge is 0.412 e. The van der Waals surface area contributed by atoms with Crippen LogP contribution >= 0.6 is 0 Å². The molecule has 3 rings (SSSR count). The quantitative estimate of drug-likeness (QED) is 0.148. The van der Waals surface area contributed by atoms with Gasteiger partial charge in [-0.25, -0.2) is 4.39 Å². The molecular formula is C30H49F4N3O5Si. The number of likely N-dealkylation sites (tertiary alicyclic amines) is 1. The monoisotopic (exact) mass is 635 g/mol. The van der Waals surface area contributed by atoms with E-state index in [0.717, 1.165) is 38.2 Å². The second-order valence-corrected chi connectivity index (χ2v) is 18.1. The third-order valence-corrected chi connectivity index (χ3v) is 13.7. The van der Waals surface area contributed by atoms with Crippen LogP contribution in [0.15, 0.2) is 18.2 Å². The average molecular weight is 636 g/mol. The van der Waals surface area contributed by atoms with Gasteiger partial charge in [0.05, 0.1) is 12.6 Å². The van der Waals surface area contributed by atoms with Gasteiger partial charge in [-0.05, 0) is 81.4 Å². The van der Waals surface area contributed by atoms with Crippen molar-refractivity contribution in [2.45, 2.75) is 96.3 Å². The molecule has 2 fully saturated rings. The van der Waals surface area contributed by atoms with E-state index in [2.05, 4.69) is 48.8 Å². The molecule has 246 valence electrons. The molecule has 1 unspecified atom stereocenters. The summed E-state index contributed by atoms with van der Waals surface area (Å²) in [6, 6.07) is 2.17. The Labute approximate surface area is 254 Å². The Kier molecular flexibility index (Phi) is 11.6. The van der Waals surface area contributed by atoms with Crippen LogP contribution in [0.25, 0.3) is 0 Å². The second kappa shape index (κ2) is 14.0. The fourth-order valence-corrected chi connectivity index (χ4v) is 6.66. The topological polar surface area (TPSA) is 72.5 Å².